The Bertz CT molecular complexity index is 1130. The van der Waals surface area contributed by atoms with Crippen LogP contribution in [0, 0.1) is 6.92 Å². The van der Waals surface area contributed by atoms with Gasteiger partial charge in [0.25, 0.3) is 5.91 Å². The van der Waals surface area contributed by atoms with Gasteiger partial charge in [0.05, 0.1) is 12.0 Å². The molecule has 2 N–H and O–H groups in total. The topological polar surface area (TPSA) is 54.1 Å². The van der Waals surface area contributed by atoms with E-state index in [0.717, 1.165) is 37.6 Å². The molecule has 1 amide bonds. The molecule has 0 aliphatic carbocycles. The maximum absolute atomic E-state index is 13.0. The summed E-state index contributed by atoms with van der Waals surface area (Å²) in [6, 6.07) is 24.0. The molecule has 0 saturated carbocycles. The van der Waals surface area contributed by atoms with Gasteiger partial charge in [-0.05, 0) is 48.4 Å². The molecular formula is C24H22N2O2S. The van der Waals surface area contributed by atoms with E-state index in [9.17, 15) is 4.79 Å². The minimum Gasteiger partial charge on any atom is -0.497 e. The second-order valence-corrected chi connectivity index (χ2v) is 7.91. The van der Waals surface area contributed by atoms with Crippen LogP contribution >= 0.6 is 11.8 Å². The van der Waals surface area contributed by atoms with Crippen LogP contribution in [0.15, 0.2) is 82.6 Å². The molecule has 3 aromatic carbocycles. The van der Waals surface area contributed by atoms with Crippen LogP contribution in [0.2, 0.25) is 0 Å². The third-order valence-electron chi connectivity index (χ3n) is 4.71. The highest BCUT2D eigenvalue weighted by Crippen LogP contribution is 2.37. The van der Waals surface area contributed by atoms with Crippen LogP contribution in [0.3, 0.4) is 0 Å². The van der Waals surface area contributed by atoms with E-state index in [4.69, 9.17) is 4.74 Å². The highest BCUT2D eigenvalue weighted by molar-refractivity contribution is 7.99. The molecule has 29 heavy (non-hydrogen) atoms. The lowest BCUT2D eigenvalue weighted by Crippen LogP contribution is -2.23. The van der Waals surface area contributed by atoms with Crippen molar-refractivity contribution >= 4 is 28.6 Å². The maximum Gasteiger partial charge on any atom is 0.269 e. The first kappa shape index (κ1) is 19.2. The summed E-state index contributed by atoms with van der Waals surface area (Å²) in [7, 11) is 1.64. The van der Waals surface area contributed by atoms with Crippen molar-refractivity contribution in [3.8, 4) is 5.75 Å². The van der Waals surface area contributed by atoms with Crippen molar-refractivity contribution in [2.75, 3.05) is 7.11 Å². The average molecular weight is 403 g/mol. The molecule has 0 bridgehead atoms. The molecule has 1 aromatic heterocycles. The number of carbonyl (C=O) groups is 1. The number of hydrogen-bond acceptors (Lipinski definition) is 3. The van der Waals surface area contributed by atoms with Crippen LogP contribution in [-0.4, -0.2) is 18.0 Å². The molecule has 1 heterocycles. The standard InChI is InChI=1S/C24H22N2O2S/c1-16-8-13-20-21(14-16)26-22(23(20)29-19-6-4-3-5-7-19)24(27)25-15-17-9-11-18(28-2)12-10-17/h3-14,26H,15H2,1-2H3,(H,25,27). The van der Waals surface area contributed by atoms with E-state index < -0.39 is 0 Å². The Morgan fingerprint density at radius 1 is 1.03 bits per heavy atom. The number of aromatic amines is 1. The van der Waals surface area contributed by atoms with Crippen molar-refractivity contribution in [2.24, 2.45) is 0 Å². The molecule has 0 saturated heterocycles. The Balaban J connectivity index is 1.62. The molecule has 5 heteroatoms. The van der Waals surface area contributed by atoms with Crippen LogP contribution < -0.4 is 10.1 Å². The molecule has 146 valence electrons. The van der Waals surface area contributed by atoms with E-state index in [1.165, 1.54) is 0 Å². The molecule has 0 aliphatic rings. The highest BCUT2D eigenvalue weighted by atomic mass is 32.2. The van der Waals surface area contributed by atoms with Gasteiger partial charge in [-0.2, -0.15) is 0 Å². The van der Waals surface area contributed by atoms with Gasteiger partial charge in [0, 0.05) is 22.3 Å². The molecule has 0 radical (unpaired) electrons. The number of benzene rings is 3. The van der Waals surface area contributed by atoms with Crippen LogP contribution in [0.1, 0.15) is 21.6 Å². The smallest absolute Gasteiger partial charge is 0.269 e. The van der Waals surface area contributed by atoms with Crippen LogP contribution in [-0.2, 0) is 6.54 Å². The third kappa shape index (κ3) is 4.30. The third-order valence-corrected chi connectivity index (χ3v) is 5.84. The lowest BCUT2D eigenvalue weighted by molar-refractivity contribution is 0.0944. The predicted octanol–water partition coefficient (Wildman–Crippen LogP) is 5.57. The molecular weight excluding hydrogens is 380 g/mol. The molecule has 0 aliphatic heterocycles. The van der Waals surface area contributed by atoms with Crippen molar-refractivity contribution < 1.29 is 9.53 Å². The van der Waals surface area contributed by atoms with Crippen molar-refractivity contribution in [1.82, 2.24) is 10.3 Å². The Morgan fingerprint density at radius 3 is 2.52 bits per heavy atom. The second kappa shape index (κ2) is 8.45. The first-order valence-electron chi connectivity index (χ1n) is 9.40. The van der Waals surface area contributed by atoms with Gasteiger partial charge in [-0.3, -0.25) is 4.79 Å². The summed E-state index contributed by atoms with van der Waals surface area (Å²) >= 11 is 1.60. The van der Waals surface area contributed by atoms with Gasteiger partial charge in [0.1, 0.15) is 11.4 Å². The van der Waals surface area contributed by atoms with Gasteiger partial charge < -0.3 is 15.0 Å². The van der Waals surface area contributed by atoms with E-state index in [0.29, 0.717) is 12.2 Å². The Morgan fingerprint density at radius 2 is 1.79 bits per heavy atom. The van der Waals surface area contributed by atoms with E-state index in [1.807, 2.05) is 49.4 Å². The lowest BCUT2D eigenvalue weighted by atomic mass is 10.2. The zero-order valence-electron chi connectivity index (χ0n) is 16.4. The quantitative estimate of drug-likeness (QED) is 0.443. The fraction of sp³-hybridized carbons (Fsp3) is 0.125. The van der Waals surface area contributed by atoms with Crippen molar-refractivity contribution in [3.63, 3.8) is 0 Å². The maximum atomic E-state index is 13.0. The Hall–Kier alpha value is -3.18. The van der Waals surface area contributed by atoms with Crippen LogP contribution in [0.25, 0.3) is 10.9 Å². The number of rotatable bonds is 6. The number of fused-ring (bicyclic) bond motifs is 1. The zero-order chi connectivity index (χ0) is 20.2. The second-order valence-electron chi connectivity index (χ2n) is 6.82. The number of H-pyrrole nitrogens is 1. The minimum absolute atomic E-state index is 0.117. The summed E-state index contributed by atoms with van der Waals surface area (Å²) in [5.41, 5.74) is 3.73. The zero-order valence-corrected chi connectivity index (χ0v) is 17.2. The fourth-order valence-electron chi connectivity index (χ4n) is 3.17. The van der Waals surface area contributed by atoms with E-state index in [1.54, 1.807) is 18.9 Å². The first-order valence-corrected chi connectivity index (χ1v) is 10.2. The largest absolute Gasteiger partial charge is 0.497 e. The number of aromatic nitrogens is 1. The van der Waals surface area contributed by atoms with E-state index >= 15 is 0 Å². The molecule has 0 fully saturated rings. The number of methoxy groups -OCH3 is 1. The van der Waals surface area contributed by atoms with Gasteiger partial charge >= 0.3 is 0 Å². The first-order chi connectivity index (χ1) is 14.1. The number of ether oxygens (including phenoxy) is 1. The monoisotopic (exact) mass is 402 g/mol. The SMILES string of the molecule is COc1ccc(CNC(=O)c2[nH]c3cc(C)ccc3c2Sc2ccccc2)cc1. The average Bonchev–Trinajstić information content (AvgIpc) is 3.10. The molecule has 4 rings (SSSR count). The van der Waals surface area contributed by atoms with Gasteiger partial charge in [-0.25, -0.2) is 0 Å². The van der Waals surface area contributed by atoms with Crippen molar-refractivity contribution in [1.29, 1.82) is 0 Å². The summed E-state index contributed by atoms with van der Waals surface area (Å²) in [6.45, 7) is 2.50. The van der Waals surface area contributed by atoms with Crippen LogP contribution in [0.4, 0.5) is 0 Å². The number of amides is 1. The fourth-order valence-corrected chi connectivity index (χ4v) is 4.23. The van der Waals surface area contributed by atoms with E-state index in [-0.39, 0.29) is 5.91 Å². The number of hydrogen-bond donors (Lipinski definition) is 2. The molecule has 0 unspecified atom stereocenters. The van der Waals surface area contributed by atoms with E-state index in [2.05, 4.69) is 40.6 Å². The summed E-state index contributed by atoms with van der Waals surface area (Å²) in [5.74, 6) is 0.681. The summed E-state index contributed by atoms with van der Waals surface area (Å²) < 4.78 is 5.18. The normalized spacial score (nSPS) is 10.8. The van der Waals surface area contributed by atoms with Gasteiger partial charge in [0.15, 0.2) is 0 Å². The number of nitrogens with one attached hydrogen (secondary N) is 2. The molecule has 0 spiro atoms. The molecule has 4 nitrogen and oxygen atoms in total. The summed E-state index contributed by atoms with van der Waals surface area (Å²) in [5, 5.41) is 4.08. The summed E-state index contributed by atoms with van der Waals surface area (Å²) in [6.07, 6.45) is 0. The Kier molecular flexibility index (Phi) is 5.58. The number of carbonyl (C=O) groups excluding carboxylic acids is 1. The van der Waals surface area contributed by atoms with Crippen LogP contribution in [0.5, 0.6) is 5.75 Å². The minimum atomic E-state index is -0.117. The Labute approximate surface area is 174 Å². The number of aryl methyl sites for hydroxylation is 1. The van der Waals surface area contributed by atoms with Gasteiger partial charge in [-0.1, -0.05) is 54.2 Å². The van der Waals surface area contributed by atoms with Gasteiger partial charge in [-0.15, -0.1) is 0 Å². The highest BCUT2D eigenvalue weighted by Gasteiger charge is 2.19. The molecule has 0 atom stereocenters. The van der Waals surface area contributed by atoms with Gasteiger partial charge in [0.2, 0.25) is 0 Å². The van der Waals surface area contributed by atoms with Crippen molar-refractivity contribution in [3.05, 3.63) is 89.6 Å². The van der Waals surface area contributed by atoms with Crippen molar-refractivity contribution in [2.45, 2.75) is 23.3 Å². The summed E-state index contributed by atoms with van der Waals surface area (Å²) in [4.78, 5) is 18.4. The predicted molar refractivity (Wildman–Crippen MR) is 118 cm³/mol. The molecule has 4 aromatic rings. The lowest BCUT2D eigenvalue weighted by Gasteiger charge is -2.08.